The fourth-order valence-corrected chi connectivity index (χ4v) is 2.94. The van der Waals surface area contributed by atoms with Gasteiger partial charge in [-0.3, -0.25) is 0 Å². The topological polar surface area (TPSA) is 82.0 Å². The molecule has 142 valence electrons. The fraction of sp³-hybridized carbons (Fsp3) is 0.111. The highest BCUT2D eigenvalue weighted by Crippen LogP contribution is 2.37. The number of rotatable bonds is 2. The molecule has 0 bridgehead atoms. The summed E-state index contributed by atoms with van der Waals surface area (Å²) in [5, 5.41) is 3.97. The predicted octanol–water partition coefficient (Wildman–Crippen LogP) is 3.90. The zero-order valence-electron chi connectivity index (χ0n) is 14.4. The molecule has 0 atom stereocenters. The lowest BCUT2D eigenvalue weighted by atomic mass is 9.99. The molecule has 3 heterocycles. The minimum atomic E-state index is -4.62. The molecule has 3 aromatic heterocycles. The fourth-order valence-electron chi connectivity index (χ4n) is 2.94. The number of aryl methyl sites for hydroxylation is 1. The van der Waals surface area contributed by atoms with E-state index in [1.807, 2.05) is 0 Å². The van der Waals surface area contributed by atoms with Crippen molar-refractivity contribution in [1.82, 2.24) is 24.6 Å². The van der Waals surface area contributed by atoms with Gasteiger partial charge in [-0.05, 0) is 48.9 Å². The first kappa shape index (κ1) is 17.8. The molecule has 0 amide bonds. The smallest absolute Gasteiger partial charge is 0.368 e. The Kier molecular flexibility index (Phi) is 3.98. The van der Waals surface area contributed by atoms with E-state index in [-0.39, 0.29) is 34.1 Å². The Labute approximate surface area is 155 Å². The summed E-state index contributed by atoms with van der Waals surface area (Å²) in [6, 6.07) is 7.79. The lowest BCUT2D eigenvalue weighted by molar-refractivity contribution is -0.141. The molecule has 0 aliphatic rings. The molecular formula is C18H12F4N6. The molecule has 0 fully saturated rings. The van der Waals surface area contributed by atoms with Gasteiger partial charge >= 0.3 is 6.18 Å². The average Bonchev–Trinajstić information content (AvgIpc) is 3.11. The highest BCUT2D eigenvalue weighted by atomic mass is 19.4. The van der Waals surface area contributed by atoms with Crippen molar-refractivity contribution in [2.45, 2.75) is 13.1 Å². The van der Waals surface area contributed by atoms with E-state index in [0.29, 0.717) is 5.56 Å². The number of aromatic nitrogens is 5. The molecule has 0 spiro atoms. The number of anilines is 1. The van der Waals surface area contributed by atoms with Crippen molar-refractivity contribution in [3.05, 3.63) is 59.9 Å². The van der Waals surface area contributed by atoms with E-state index in [1.54, 1.807) is 0 Å². The van der Waals surface area contributed by atoms with Gasteiger partial charge in [-0.15, -0.1) is 0 Å². The van der Waals surface area contributed by atoms with E-state index in [1.165, 1.54) is 48.1 Å². The van der Waals surface area contributed by atoms with Crippen LogP contribution in [-0.2, 0) is 6.18 Å². The van der Waals surface area contributed by atoms with E-state index in [4.69, 9.17) is 5.73 Å². The molecule has 4 rings (SSSR count). The zero-order valence-corrected chi connectivity index (χ0v) is 14.4. The number of hydrogen-bond acceptors (Lipinski definition) is 5. The number of pyridine rings is 1. The Bertz CT molecular complexity index is 1180. The van der Waals surface area contributed by atoms with E-state index < -0.39 is 17.7 Å². The van der Waals surface area contributed by atoms with Crippen molar-refractivity contribution in [3.63, 3.8) is 0 Å². The second-order valence-electron chi connectivity index (χ2n) is 6.08. The molecule has 10 heteroatoms. The largest absolute Gasteiger partial charge is 0.433 e. The van der Waals surface area contributed by atoms with Crippen LogP contribution in [0.2, 0.25) is 0 Å². The molecule has 0 unspecified atom stereocenters. The van der Waals surface area contributed by atoms with E-state index in [9.17, 15) is 17.6 Å². The summed E-state index contributed by atoms with van der Waals surface area (Å²) in [5.41, 5.74) is 6.50. The van der Waals surface area contributed by atoms with Gasteiger partial charge in [0.1, 0.15) is 17.8 Å². The van der Waals surface area contributed by atoms with Gasteiger partial charge in [-0.25, -0.2) is 19.3 Å². The highest BCUT2D eigenvalue weighted by molar-refractivity contribution is 5.90. The normalized spacial score (nSPS) is 11.9. The Hall–Kier alpha value is -3.56. The van der Waals surface area contributed by atoms with Gasteiger partial charge in [0.2, 0.25) is 5.95 Å². The Morgan fingerprint density at radius 2 is 1.71 bits per heavy atom. The first-order valence-electron chi connectivity index (χ1n) is 8.05. The molecule has 0 aliphatic carbocycles. The van der Waals surface area contributed by atoms with Crippen LogP contribution >= 0.6 is 0 Å². The highest BCUT2D eigenvalue weighted by Gasteiger charge is 2.33. The molecular weight excluding hydrogens is 376 g/mol. The van der Waals surface area contributed by atoms with Crippen LogP contribution in [0.15, 0.2) is 42.7 Å². The van der Waals surface area contributed by atoms with Crippen LogP contribution < -0.4 is 5.73 Å². The number of nitrogens with two attached hydrogens (primary N) is 1. The van der Waals surface area contributed by atoms with Gasteiger partial charge in [0, 0.05) is 11.3 Å². The summed E-state index contributed by atoms with van der Waals surface area (Å²) in [7, 11) is 0. The first-order valence-corrected chi connectivity index (χ1v) is 8.05. The Morgan fingerprint density at radius 3 is 2.39 bits per heavy atom. The minimum absolute atomic E-state index is 0.00241. The van der Waals surface area contributed by atoms with Crippen molar-refractivity contribution < 1.29 is 17.6 Å². The number of hydrogen-bond donors (Lipinski definition) is 1. The molecule has 4 aromatic rings. The van der Waals surface area contributed by atoms with Crippen LogP contribution in [0.5, 0.6) is 0 Å². The maximum Gasteiger partial charge on any atom is 0.433 e. The number of nitrogen functional groups attached to an aromatic ring is 1. The third-order valence-electron chi connectivity index (χ3n) is 4.10. The maximum atomic E-state index is 13.3. The number of alkyl halides is 3. The summed E-state index contributed by atoms with van der Waals surface area (Å²) in [6.07, 6.45) is -3.40. The van der Waals surface area contributed by atoms with Gasteiger partial charge in [-0.2, -0.15) is 22.8 Å². The Morgan fingerprint density at radius 1 is 1.00 bits per heavy atom. The quantitative estimate of drug-likeness (QED) is 0.527. The summed E-state index contributed by atoms with van der Waals surface area (Å²) in [4.78, 5) is 12.0. The van der Waals surface area contributed by atoms with Crippen LogP contribution in [0.1, 0.15) is 11.4 Å². The third-order valence-corrected chi connectivity index (χ3v) is 4.10. The zero-order chi connectivity index (χ0) is 20.1. The van der Waals surface area contributed by atoms with Gasteiger partial charge in [0.05, 0.1) is 11.3 Å². The second-order valence-corrected chi connectivity index (χ2v) is 6.08. The standard InChI is InChI=1S/C18H12F4N6/c1-9-6-11(7-13(26-9)18(20,21)22)14-15(10-2-4-12(19)5-3-10)27-17(23)28-16(14)24-8-25-28/h2-8H,1H3,(H2,23,27). The lowest BCUT2D eigenvalue weighted by Gasteiger charge is -2.14. The summed E-state index contributed by atoms with van der Waals surface area (Å²) in [6.45, 7) is 1.46. The van der Waals surface area contributed by atoms with Crippen LogP contribution in [0, 0.1) is 12.7 Å². The van der Waals surface area contributed by atoms with Gasteiger partial charge in [-0.1, -0.05) is 0 Å². The van der Waals surface area contributed by atoms with Gasteiger partial charge < -0.3 is 5.73 Å². The molecule has 28 heavy (non-hydrogen) atoms. The van der Waals surface area contributed by atoms with Crippen molar-refractivity contribution in [2.75, 3.05) is 5.73 Å². The predicted molar refractivity (Wildman–Crippen MR) is 93.6 cm³/mol. The second kappa shape index (κ2) is 6.25. The molecule has 0 aliphatic heterocycles. The summed E-state index contributed by atoms with van der Waals surface area (Å²) >= 11 is 0. The maximum absolute atomic E-state index is 13.3. The first-order chi connectivity index (χ1) is 13.2. The van der Waals surface area contributed by atoms with Crippen molar-refractivity contribution in [3.8, 4) is 22.4 Å². The number of nitrogens with zero attached hydrogens (tertiary/aromatic N) is 5. The van der Waals surface area contributed by atoms with Crippen LogP contribution in [0.4, 0.5) is 23.5 Å². The van der Waals surface area contributed by atoms with Crippen LogP contribution in [0.25, 0.3) is 28.0 Å². The monoisotopic (exact) mass is 388 g/mol. The number of fused-ring (bicyclic) bond motifs is 1. The van der Waals surface area contributed by atoms with Crippen molar-refractivity contribution in [1.29, 1.82) is 0 Å². The van der Waals surface area contributed by atoms with E-state index in [0.717, 1.165) is 6.07 Å². The summed E-state index contributed by atoms with van der Waals surface area (Å²) < 4.78 is 54.4. The number of halogens is 4. The van der Waals surface area contributed by atoms with Crippen molar-refractivity contribution in [2.24, 2.45) is 0 Å². The third kappa shape index (κ3) is 3.02. The molecule has 2 N–H and O–H groups in total. The SMILES string of the molecule is Cc1cc(-c2c(-c3ccc(F)cc3)nc(N)n3ncnc23)cc(C(F)(F)F)n1. The van der Waals surface area contributed by atoms with Gasteiger partial charge in [0.15, 0.2) is 5.65 Å². The number of benzene rings is 1. The van der Waals surface area contributed by atoms with Gasteiger partial charge in [0.25, 0.3) is 0 Å². The molecule has 0 saturated carbocycles. The average molecular weight is 388 g/mol. The molecule has 0 saturated heterocycles. The lowest BCUT2D eigenvalue weighted by Crippen LogP contribution is -2.10. The molecule has 1 aromatic carbocycles. The van der Waals surface area contributed by atoms with E-state index in [2.05, 4.69) is 20.1 Å². The van der Waals surface area contributed by atoms with Crippen molar-refractivity contribution >= 4 is 11.6 Å². The van der Waals surface area contributed by atoms with Crippen LogP contribution in [-0.4, -0.2) is 24.6 Å². The van der Waals surface area contributed by atoms with Crippen LogP contribution in [0.3, 0.4) is 0 Å². The summed E-state index contributed by atoms with van der Waals surface area (Å²) in [5.74, 6) is -0.460. The Balaban J connectivity index is 2.07. The molecule has 0 radical (unpaired) electrons. The van der Waals surface area contributed by atoms with E-state index >= 15 is 0 Å². The molecule has 6 nitrogen and oxygen atoms in total. The minimum Gasteiger partial charge on any atom is -0.368 e.